The summed E-state index contributed by atoms with van der Waals surface area (Å²) in [5.74, 6) is 0. The van der Waals surface area contributed by atoms with Crippen LogP contribution in [0.3, 0.4) is 0 Å². The molecular formula is C15H18N2. The van der Waals surface area contributed by atoms with E-state index in [2.05, 4.69) is 35.9 Å². The molecule has 1 heterocycles. The number of nitrogens with zero attached hydrogens (tertiary/aromatic N) is 1. The third-order valence-corrected chi connectivity index (χ3v) is 2.87. The van der Waals surface area contributed by atoms with Gasteiger partial charge >= 0.3 is 0 Å². The molecule has 2 aromatic rings. The van der Waals surface area contributed by atoms with E-state index < -0.39 is 0 Å². The number of hydrogen-bond acceptors (Lipinski definition) is 2. The molecule has 0 bridgehead atoms. The molecule has 1 aromatic carbocycles. The summed E-state index contributed by atoms with van der Waals surface area (Å²) in [5.41, 5.74) is 2.27. The Labute approximate surface area is 102 Å². The summed E-state index contributed by atoms with van der Waals surface area (Å²) in [7, 11) is 0. The standard InChI is InChI=1S/C15H18N2/c1-3-7-14(16-4-2)13-10-12-8-5-6-9-15(12)17-11-13/h3,5-6,8-11,14,16H,1,4,7H2,2H3. The largest absolute Gasteiger partial charge is 0.310 e. The van der Waals surface area contributed by atoms with Crippen molar-refractivity contribution in [3.63, 3.8) is 0 Å². The van der Waals surface area contributed by atoms with Crippen LogP contribution in [0.5, 0.6) is 0 Å². The molecule has 0 aliphatic heterocycles. The first-order chi connectivity index (χ1) is 8.35. The Morgan fingerprint density at radius 2 is 2.24 bits per heavy atom. The van der Waals surface area contributed by atoms with Crippen LogP contribution in [0.15, 0.2) is 49.2 Å². The minimum absolute atomic E-state index is 0.314. The van der Waals surface area contributed by atoms with Gasteiger partial charge in [0.05, 0.1) is 5.52 Å². The van der Waals surface area contributed by atoms with Crippen molar-refractivity contribution >= 4 is 10.9 Å². The highest BCUT2D eigenvalue weighted by Gasteiger charge is 2.09. The van der Waals surface area contributed by atoms with Crippen molar-refractivity contribution in [3.8, 4) is 0 Å². The molecule has 0 saturated heterocycles. The molecule has 2 rings (SSSR count). The summed E-state index contributed by atoms with van der Waals surface area (Å²) in [4.78, 5) is 4.49. The zero-order chi connectivity index (χ0) is 12.1. The van der Waals surface area contributed by atoms with Crippen molar-refractivity contribution in [2.45, 2.75) is 19.4 Å². The number of hydrogen-bond donors (Lipinski definition) is 1. The molecule has 0 amide bonds. The van der Waals surface area contributed by atoms with E-state index in [-0.39, 0.29) is 0 Å². The first-order valence-electron chi connectivity index (χ1n) is 6.04. The molecule has 88 valence electrons. The molecule has 2 nitrogen and oxygen atoms in total. The van der Waals surface area contributed by atoms with Crippen LogP contribution in [-0.4, -0.2) is 11.5 Å². The lowest BCUT2D eigenvalue weighted by Crippen LogP contribution is -2.20. The minimum atomic E-state index is 0.314. The van der Waals surface area contributed by atoms with Gasteiger partial charge in [-0.1, -0.05) is 31.2 Å². The maximum Gasteiger partial charge on any atom is 0.0702 e. The number of aromatic nitrogens is 1. The average Bonchev–Trinajstić information content (AvgIpc) is 2.38. The van der Waals surface area contributed by atoms with Crippen LogP contribution in [0.4, 0.5) is 0 Å². The molecule has 1 unspecified atom stereocenters. The van der Waals surface area contributed by atoms with Crippen molar-refractivity contribution < 1.29 is 0 Å². The molecular weight excluding hydrogens is 208 g/mol. The Bertz CT molecular complexity index is 505. The Kier molecular flexibility index (Phi) is 3.89. The zero-order valence-corrected chi connectivity index (χ0v) is 10.2. The van der Waals surface area contributed by atoms with Crippen molar-refractivity contribution in [2.75, 3.05) is 6.54 Å². The van der Waals surface area contributed by atoms with Crippen LogP contribution in [-0.2, 0) is 0 Å². The molecule has 0 aliphatic carbocycles. The Balaban J connectivity index is 2.35. The number of fused-ring (bicyclic) bond motifs is 1. The summed E-state index contributed by atoms with van der Waals surface area (Å²) in [6.07, 6.45) is 4.83. The molecule has 0 radical (unpaired) electrons. The zero-order valence-electron chi connectivity index (χ0n) is 10.2. The predicted octanol–water partition coefficient (Wildman–Crippen LogP) is 3.46. The summed E-state index contributed by atoms with van der Waals surface area (Å²) >= 11 is 0. The van der Waals surface area contributed by atoms with E-state index in [1.165, 1.54) is 10.9 Å². The predicted molar refractivity (Wildman–Crippen MR) is 73.0 cm³/mol. The van der Waals surface area contributed by atoms with Gasteiger partial charge in [-0.2, -0.15) is 0 Å². The topological polar surface area (TPSA) is 24.9 Å². The quantitative estimate of drug-likeness (QED) is 0.790. The SMILES string of the molecule is C=CCC(NCC)c1cnc2ccccc2c1. The van der Waals surface area contributed by atoms with Crippen LogP contribution < -0.4 is 5.32 Å². The number of para-hydroxylation sites is 1. The molecule has 0 fully saturated rings. The monoisotopic (exact) mass is 226 g/mol. The highest BCUT2D eigenvalue weighted by atomic mass is 14.9. The first kappa shape index (κ1) is 11.8. The summed E-state index contributed by atoms with van der Waals surface area (Å²) < 4.78 is 0. The van der Waals surface area contributed by atoms with E-state index in [1.807, 2.05) is 30.5 Å². The van der Waals surface area contributed by atoms with Crippen LogP contribution in [0, 0.1) is 0 Å². The molecule has 2 heteroatoms. The molecule has 0 aliphatic rings. The van der Waals surface area contributed by atoms with Crippen molar-refractivity contribution in [2.24, 2.45) is 0 Å². The maximum atomic E-state index is 4.49. The fraction of sp³-hybridized carbons (Fsp3) is 0.267. The lowest BCUT2D eigenvalue weighted by Gasteiger charge is -2.16. The lowest BCUT2D eigenvalue weighted by molar-refractivity contribution is 0.558. The summed E-state index contributed by atoms with van der Waals surface area (Å²) in [5, 5.41) is 4.64. The first-order valence-corrected chi connectivity index (χ1v) is 6.04. The van der Waals surface area contributed by atoms with Gasteiger partial charge in [-0.25, -0.2) is 0 Å². The van der Waals surface area contributed by atoms with Gasteiger partial charge in [0.25, 0.3) is 0 Å². The van der Waals surface area contributed by atoms with E-state index in [9.17, 15) is 0 Å². The minimum Gasteiger partial charge on any atom is -0.310 e. The average molecular weight is 226 g/mol. The molecule has 0 saturated carbocycles. The third-order valence-electron chi connectivity index (χ3n) is 2.87. The highest BCUT2D eigenvalue weighted by Crippen LogP contribution is 2.20. The second-order valence-corrected chi connectivity index (χ2v) is 4.10. The van der Waals surface area contributed by atoms with E-state index in [1.54, 1.807) is 0 Å². The highest BCUT2D eigenvalue weighted by molar-refractivity contribution is 5.78. The lowest BCUT2D eigenvalue weighted by atomic mass is 10.0. The maximum absolute atomic E-state index is 4.49. The second-order valence-electron chi connectivity index (χ2n) is 4.10. The fourth-order valence-electron chi connectivity index (χ4n) is 2.03. The molecule has 0 spiro atoms. The third kappa shape index (κ3) is 2.71. The van der Waals surface area contributed by atoms with Crippen LogP contribution in [0.2, 0.25) is 0 Å². The fourth-order valence-corrected chi connectivity index (χ4v) is 2.03. The molecule has 1 N–H and O–H groups in total. The van der Waals surface area contributed by atoms with Gasteiger partial charge in [0, 0.05) is 17.6 Å². The Hall–Kier alpha value is -1.67. The Morgan fingerprint density at radius 1 is 1.41 bits per heavy atom. The van der Waals surface area contributed by atoms with Gasteiger partial charge in [-0.3, -0.25) is 4.98 Å². The molecule has 1 aromatic heterocycles. The number of benzene rings is 1. The van der Waals surface area contributed by atoms with Crippen molar-refractivity contribution in [3.05, 3.63) is 54.7 Å². The van der Waals surface area contributed by atoms with Crippen molar-refractivity contribution in [1.82, 2.24) is 10.3 Å². The van der Waals surface area contributed by atoms with E-state index in [4.69, 9.17) is 0 Å². The van der Waals surface area contributed by atoms with Gasteiger partial charge < -0.3 is 5.32 Å². The van der Waals surface area contributed by atoms with Crippen LogP contribution in [0.25, 0.3) is 10.9 Å². The Morgan fingerprint density at radius 3 is 3.00 bits per heavy atom. The van der Waals surface area contributed by atoms with E-state index >= 15 is 0 Å². The van der Waals surface area contributed by atoms with E-state index in [0.717, 1.165) is 18.5 Å². The van der Waals surface area contributed by atoms with Crippen molar-refractivity contribution in [1.29, 1.82) is 0 Å². The van der Waals surface area contributed by atoms with Gasteiger partial charge in [0.1, 0.15) is 0 Å². The number of pyridine rings is 1. The summed E-state index contributed by atoms with van der Waals surface area (Å²) in [6, 6.07) is 10.7. The normalized spacial score (nSPS) is 12.5. The van der Waals surface area contributed by atoms with Gasteiger partial charge in [0.15, 0.2) is 0 Å². The second kappa shape index (κ2) is 5.60. The van der Waals surface area contributed by atoms with E-state index in [0.29, 0.717) is 6.04 Å². The van der Waals surface area contributed by atoms with Gasteiger partial charge in [0.2, 0.25) is 0 Å². The van der Waals surface area contributed by atoms with Crippen LogP contribution >= 0.6 is 0 Å². The van der Waals surface area contributed by atoms with Crippen LogP contribution in [0.1, 0.15) is 24.9 Å². The van der Waals surface area contributed by atoms with Gasteiger partial charge in [-0.05, 0) is 30.7 Å². The van der Waals surface area contributed by atoms with Gasteiger partial charge in [-0.15, -0.1) is 6.58 Å². The number of rotatable bonds is 5. The summed E-state index contributed by atoms with van der Waals surface area (Å²) in [6.45, 7) is 6.88. The smallest absolute Gasteiger partial charge is 0.0702 e. The molecule has 1 atom stereocenters. The molecule has 17 heavy (non-hydrogen) atoms. The number of nitrogens with one attached hydrogen (secondary N) is 1.